The van der Waals surface area contributed by atoms with Crippen LogP contribution in [0.5, 0.6) is 17.2 Å². The molecule has 0 fully saturated rings. The largest absolute Gasteiger partial charge is 0.502 e. The number of phenols is 1. The summed E-state index contributed by atoms with van der Waals surface area (Å²) < 4.78 is 22.1. The van der Waals surface area contributed by atoms with Crippen molar-refractivity contribution in [1.29, 1.82) is 0 Å². The van der Waals surface area contributed by atoms with Gasteiger partial charge in [0, 0.05) is 30.9 Å². The fourth-order valence-corrected chi connectivity index (χ4v) is 3.69. The van der Waals surface area contributed by atoms with Crippen LogP contribution < -0.4 is 14.4 Å². The lowest BCUT2D eigenvalue weighted by Gasteiger charge is -2.12. The Morgan fingerprint density at radius 2 is 1.60 bits per heavy atom. The zero-order valence-electron chi connectivity index (χ0n) is 17.1. The number of aromatic amines is 1. The third kappa shape index (κ3) is 4.59. The van der Waals surface area contributed by atoms with Gasteiger partial charge in [0.15, 0.2) is 11.5 Å². The number of ether oxygens (including phenoxy) is 2. The first-order valence-corrected chi connectivity index (χ1v) is 10.8. The predicted octanol–water partition coefficient (Wildman–Crippen LogP) is 3.21. The highest BCUT2D eigenvalue weighted by molar-refractivity contribution is 7.50. The van der Waals surface area contributed by atoms with E-state index < -0.39 is 13.8 Å². The lowest BCUT2D eigenvalue weighted by molar-refractivity contribution is 0.340. The number of anilines is 1. The fraction of sp³-hybridized carbons (Fsp3) is 0.250. The monoisotopic (exact) mass is 433 g/mol. The number of methoxy groups -OCH3 is 2. The summed E-state index contributed by atoms with van der Waals surface area (Å²) in [5.74, 6) is 0.593. The van der Waals surface area contributed by atoms with Crippen molar-refractivity contribution in [2.45, 2.75) is 6.16 Å². The van der Waals surface area contributed by atoms with E-state index in [2.05, 4.69) is 9.97 Å². The standard InChI is InChI=1S/C20H24N3O6P/c1-23(2)14-7-5-12(6-8-14)18-15(11-30(25,26)27)21-20(22-18)13-9-16(28-3)19(24)17(10-13)29-4/h5-10,24H,11H2,1-4H3,(H,21,22)(H2,25,26,27). The van der Waals surface area contributed by atoms with Crippen LogP contribution in [0.2, 0.25) is 0 Å². The predicted molar refractivity (Wildman–Crippen MR) is 114 cm³/mol. The van der Waals surface area contributed by atoms with Crippen LogP contribution in [-0.2, 0) is 10.7 Å². The lowest BCUT2D eigenvalue weighted by Crippen LogP contribution is -2.07. The van der Waals surface area contributed by atoms with Gasteiger partial charge in [0.05, 0.1) is 31.8 Å². The number of benzene rings is 2. The van der Waals surface area contributed by atoms with Crippen LogP contribution in [0, 0.1) is 0 Å². The lowest BCUT2D eigenvalue weighted by atomic mass is 10.1. The Balaban J connectivity index is 2.14. The van der Waals surface area contributed by atoms with Crippen LogP contribution in [0.4, 0.5) is 5.69 Å². The molecule has 2 aromatic carbocycles. The van der Waals surface area contributed by atoms with Gasteiger partial charge in [0.2, 0.25) is 5.75 Å². The summed E-state index contributed by atoms with van der Waals surface area (Å²) in [6.45, 7) is 0. The minimum atomic E-state index is -4.35. The van der Waals surface area contributed by atoms with Gasteiger partial charge >= 0.3 is 7.60 Å². The third-order valence-electron chi connectivity index (χ3n) is 4.55. The molecule has 0 unspecified atom stereocenters. The first-order valence-electron chi connectivity index (χ1n) is 8.99. The number of nitrogens with zero attached hydrogens (tertiary/aromatic N) is 2. The SMILES string of the molecule is COc1cc(-c2nc(-c3ccc(N(C)C)cc3)c(CP(=O)(O)O)[nH]2)cc(OC)c1O. The second kappa shape index (κ2) is 8.39. The van der Waals surface area contributed by atoms with Crippen LogP contribution >= 0.6 is 7.60 Å². The number of hydrogen-bond acceptors (Lipinski definition) is 6. The summed E-state index contributed by atoms with van der Waals surface area (Å²) in [4.78, 5) is 28.6. The van der Waals surface area contributed by atoms with Crippen LogP contribution in [0.3, 0.4) is 0 Å². The molecule has 0 saturated heterocycles. The van der Waals surface area contributed by atoms with Crippen LogP contribution in [0.25, 0.3) is 22.6 Å². The maximum atomic E-state index is 11.7. The minimum absolute atomic E-state index is 0.148. The topological polar surface area (TPSA) is 128 Å². The van der Waals surface area contributed by atoms with Crippen LogP contribution in [0.1, 0.15) is 5.69 Å². The number of hydrogen-bond donors (Lipinski definition) is 4. The van der Waals surface area contributed by atoms with Crippen LogP contribution in [-0.4, -0.2) is 53.2 Å². The molecule has 30 heavy (non-hydrogen) atoms. The van der Waals surface area contributed by atoms with Gasteiger partial charge in [-0.25, -0.2) is 4.98 Å². The van der Waals surface area contributed by atoms with E-state index in [1.165, 1.54) is 14.2 Å². The van der Waals surface area contributed by atoms with Crippen molar-refractivity contribution in [1.82, 2.24) is 9.97 Å². The van der Waals surface area contributed by atoms with E-state index in [1.807, 2.05) is 43.3 Å². The Morgan fingerprint density at radius 1 is 1.03 bits per heavy atom. The summed E-state index contributed by atoms with van der Waals surface area (Å²) in [6, 6.07) is 10.6. The Morgan fingerprint density at radius 3 is 2.07 bits per heavy atom. The minimum Gasteiger partial charge on any atom is -0.502 e. The molecule has 0 aliphatic carbocycles. The number of nitrogens with one attached hydrogen (secondary N) is 1. The van der Waals surface area contributed by atoms with Crippen molar-refractivity contribution in [2.75, 3.05) is 33.2 Å². The summed E-state index contributed by atoms with van der Waals surface area (Å²) in [5.41, 5.74) is 2.97. The molecule has 10 heteroatoms. The molecule has 0 atom stereocenters. The summed E-state index contributed by atoms with van der Waals surface area (Å²) >= 11 is 0. The molecular formula is C20H24N3O6P. The van der Waals surface area contributed by atoms with Crippen molar-refractivity contribution in [3.05, 3.63) is 42.1 Å². The molecule has 0 radical (unpaired) electrons. The highest BCUT2D eigenvalue weighted by atomic mass is 31.2. The smallest absolute Gasteiger partial charge is 0.331 e. The second-order valence-corrected chi connectivity index (χ2v) is 8.55. The summed E-state index contributed by atoms with van der Waals surface area (Å²) in [7, 11) is 2.33. The van der Waals surface area contributed by atoms with Crippen molar-refractivity contribution in [3.8, 4) is 39.9 Å². The average molecular weight is 433 g/mol. The first kappa shape index (κ1) is 21.7. The zero-order valence-corrected chi connectivity index (χ0v) is 18.0. The molecule has 9 nitrogen and oxygen atoms in total. The Bertz CT molecular complexity index is 1060. The van der Waals surface area contributed by atoms with Gasteiger partial charge in [-0.3, -0.25) is 4.57 Å². The van der Waals surface area contributed by atoms with E-state index >= 15 is 0 Å². The molecule has 0 amide bonds. The van der Waals surface area contributed by atoms with Gasteiger partial charge in [-0.2, -0.15) is 0 Å². The van der Waals surface area contributed by atoms with Crippen molar-refractivity contribution in [2.24, 2.45) is 0 Å². The number of aromatic hydroxyl groups is 1. The Labute approximate surface area is 174 Å². The maximum Gasteiger partial charge on any atom is 0.331 e. The van der Waals surface area contributed by atoms with Gasteiger partial charge in [-0.15, -0.1) is 0 Å². The fourth-order valence-electron chi connectivity index (χ4n) is 3.05. The number of aromatic nitrogens is 2. The van der Waals surface area contributed by atoms with E-state index in [0.717, 1.165) is 5.69 Å². The van der Waals surface area contributed by atoms with E-state index in [9.17, 15) is 19.5 Å². The molecule has 4 N–H and O–H groups in total. The van der Waals surface area contributed by atoms with E-state index in [1.54, 1.807) is 12.1 Å². The highest BCUT2D eigenvalue weighted by Gasteiger charge is 2.23. The molecule has 3 rings (SSSR count). The molecule has 0 bridgehead atoms. The molecule has 160 valence electrons. The quantitative estimate of drug-likeness (QED) is 0.418. The Hall–Kier alpha value is -3.00. The normalized spacial score (nSPS) is 11.4. The van der Waals surface area contributed by atoms with Gasteiger partial charge in [-0.1, -0.05) is 12.1 Å². The average Bonchev–Trinajstić information content (AvgIpc) is 3.10. The van der Waals surface area contributed by atoms with Crippen molar-refractivity contribution in [3.63, 3.8) is 0 Å². The zero-order chi connectivity index (χ0) is 22.1. The third-order valence-corrected chi connectivity index (χ3v) is 5.28. The second-order valence-electron chi connectivity index (χ2n) is 6.91. The first-order chi connectivity index (χ1) is 14.1. The summed E-state index contributed by atoms with van der Waals surface area (Å²) in [6.07, 6.45) is -0.489. The molecule has 0 spiro atoms. The number of H-pyrrole nitrogens is 1. The van der Waals surface area contributed by atoms with Gasteiger partial charge in [0.25, 0.3) is 0 Å². The highest BCUT2D eigenvalue weighted by Crippen LogP contribution is 2.43. The van der Waals surface area contributed by atoms with Gasteiger partial charge < -0.3 is 34.3 Å². The molecule has 1 aromatic heterocycles. The van der Waals surface area contributed by atoms with E-state index in [4.69, 9.17) is 9.47 Å². The maximum absolute atomic E-state index is 11.7. The number of phenolic OH excluding ortho intramolecular Hbond substituents is 1. The molecule has 0 aliphatic rings. The van der Waals surface area contributed by atoms with Gasteiger partial charge in [0.1, 0.15) is 5.82 Å². The summed E-state index contributed by atoms with van der Waals surface area (Å²) in [5, 5.41) is 10.1. The molecular weight excluding hydrogens is 409 g/mol. The molecule has 0 saturated carbocycles. The van der Waals surface area contributed by atoms with Crippen LogP contribution in [0.15, 0.2) is 36.4 Å². The van der Waals surface area contributed by atoms with Crippen molar-refractivity contribution < 1.29 is 28.9 Å². The van der Waals surface area contributed by atoms with Gasteiger partial charge in [-0.05, 0) is 24.3 Å². The van der Waals surface area contributed by atoms with E-state index in [0.29, 0.717) is 28.3 Å². The van der Waals surface area contributed by atoms with Crippen molar-refractivity contribution >= 4 is 13.3 Å². The number of rotatable bonds is 7. The molecule has 0 aliphatic heterocycles. The molecule has 3 aromatic rings. The Kier molecular flexibility index (Phi) is 6.07. The van der Waals surface area contributed by atoms with E-state index in [-0.39, 0.29) is 17.2 Å². The molecule has 1 heterocycles. The number of imidazole rings is 1.